The Balaban J connectivity index is 1.98. The van der Waals surface area contributed by atoms with Gasteiger partial charge in [-0.2, -0.15) is 22.0 Å². The molecule has 0 unspecified atom stereocenters. The highest BCUT2D eigenvalue weighted by atomic mass is 79.9. The average molecular weight is 568 g/mol. The molecule has 2 aromatic rings. The summed E-state index contributed by atoms with van der Waals surface area (Å²) in [5.41, 5.74) is -3.78. The maximum absolute atomic E-state index is 14.4. The van der Waals surface area contributed by atoms with E-state index in [1.165, 1.54) is 0 Å². The first-order valence-electron chi connectivity index (χ1n) is 9.48. The number of hydrogen-bond donors (Lipinski definition) is 2. The Bertz CT molecular complexity index is 1010. The Morgan fingerprint density at radius 2 is 1.84 bits per heavy atom. The van der Waals surface area contributed by atoms with Crippen molar-refractivity contribution in [3.8, 4) is 5.75 Å². The fourth-order valence-electron chi connectivity index (χ4n) is 3.19. The third-order valence-electron chi connectivity index (χ3n) is 4.77. The van der Waals surface area contributed by atoms with Crippen LogP contribution in [-0.4, -0.2) is 53.8 Å². The van der Waals surface area contributed by atoms with Gasteiger partial charge in [-0.3, -0.25) is 9.46 Å². The van der Waals surface area contributed by atoms with Crippen molar-refractivity contribution in [3.05, 3.63) is 27.0 Å². The van der Waals surface area contributed by atoms with Crippen molar-refractivity contribution in [1.82, 2.24) is 4.90 Å². The lowest BCUT2D eigenvalue weighted by Crippen LogP contribution is -2.35. The van der Waals surface area contributed by atoms with Gasteiger partial charge >= 0.3 is 19.4 Å². The van der Waals surface area contributed by atoms with Crippen molar-refractivity contribution in [2.24, 2.45) is 0 Å². The Labute approximate surface area is 192 Å². The van der Waals surface area contributed by atoms with Crippen LogP contribution < -0.4 is 4.74 Å². The molecular formula is C18H20BrF5NO5PS. The molecule has 180 valence electrons. The molecule has 2 N–H and O–H groups in total. The number of ether oxygens (including phenoxy) is 2. The maximum Gasteiger partial charge on any atom is 0.400 e. The standard InChI is InChI=1S/C18H20BrF5NO5PS/c19-14-12-8-11(10-25-3-6-29-7-4-25)9-13(30-5-1-2-17(20,21)22)15(12)32-16(14)18(23,24)31(26,27)28/h8-9H,1-7,10H2,(H2,26,27,28). The number of morpholine rings is 1. The highest BCUT2D eigenvalue weighted by Gasteiger charge is 2.53. The van der Waals surface area contributed by atoms with Crippen LogP contribution in [0.25, 0.3) is 10.1 Å². The highest BCUT2D eigenvalue weighted by Crippen LogP contribution is 2.63. The molecule has 0 spiro atoms. The van der Waals surface area contributed by atoms with E-state index in [1.807, 2.05) is 0 Å². The number of nitrogens with zero attached hydrogens (tertiary/aromatic N) is 1. The summed E-state index contributed by atoms with van der Waals surface area (Å²) in [7, 11) is -5.81. The van der Waals surface area contributed by atoms with Crippen LogP contribution in [0.1, 0.15) is 23.3 Å². The maximum atomic E-state index is 14.4. The van der Waals surface area contributed by atoms with Crippen LogP contribution in [0.5, 0.6) is 5.75 Å². The van der Waals surface area contributed by atoms with Gasteiger partial charge in [0.2, 0.25) is 0 Å². The van der Waals surface area contributed by atoms with Crippen molar-refractivity contribution in [2.45, 2.75) is 31.2 Å². The number of benzene rings is 1. The molecule has 0 saturated carbocycles. The van der Waals surface area contributed by atoms with E-state index in [9.17, 15) is 26.5 Å². The van der Waals surface area contributed by atoms with E-state index in [-0.39, 0.29) is 33.3 Å². The average Bonchev–Trinajstić information content (AvgIpc) is 3.02. The van der Waals surface area contributed by atoms with Crippen molar-refractivity contribution in [1.29, 1.82) is 0 Å². The van der Waals surface area contributed by atoms with Crippen LogP contribution in [-0.2, 0) is 21.5 Å². The largest absolute Gasteiger partial charge is 0.492 e. The molecular weight excluding hydrogens is 548 g/mol. The van der Waals surface area contributed by atoms with E-state index >= 15 is 0 Å². The molecule has 32 heavy (non-hydrogen) atoms. The number of fused-ring (bicyclic) bond motifs is 1. The Morgan fingerprint density at radius 3 is 2.44 bits per heavy atom. The molecule has 3 rings (SSSR count). The number of halogens is 6. The van der Waals surface area contributed by atoms with Crippen LogP contribution in [0, 0.1) is 0 Å². The van der Waals surface area contributed by atoms with Crippen molar-refractivity contribution < 1.29 is 45.8 Å². The normalized spacial score (nSPS) is 16.6. The number of alkyl halides is 5. The highest BCUT2D eigenvalue weighted by molar-refractivity contribution is 9.10. The third-order valence-corrected chi connectivity index (χ3v) is 8.25. The van der Waals surface area contributed by atoms with Crippen LogP contribution in [0.4, 0.5) is 22.0 Å². The van der Waals surface area contributed by atoms with Crippen LogP contribution in [0.15, 0.2) is 16.6 Å². The minimum Gasteiger partial charge on any atom is -0.492 e. The van der Waals surface area contributed by atoms with E-state index in [2.05, 4.69) is 20.8 Å². The van der Waals surface area contributed by atoms with E-state index in [4.69, 9.17) is 19.3 Å². The van der Waals surface area contributed by atoms with Gasteiger partial charge in [0.05, 0.1) is 24.5 Å². The van der Waals surface area contributed by atoms with Gasteiger partial charge in [-0.05, 0) is 40.0 Å². The van der Waals surface area contributed by atoms with Gasteiger partial charge in [0.25, 0.3) is 0 Å². The predicted molar refractivity (Wildman–Crippen MR) is 112 cm³/mol. The molecule has 1 aromatic heterocycles. The second kappa shape index (κ2) is 9.81. The fraction of sp³-hybridized carbons (Fsp3) is 0.556. The van der Waals surface area contributed by atoms with Gasteiger partial charge in [-0.25, -0.2) is 0 Å². The summed E-state index contributed by atoms with van der Waals surface area (Å²) in [6.07, 6.45) is -5.72. The summed E-state index contributed by atoms with van der Waals surface area (Å²) >= 11 is 3.46. The van der Waals surface area contributed by atoms with Gasteiger partial charge in [-0.1, -0.05) is 0 Å². The van der Waals surface area contributed by atoms with Crippen LogP contribution >= 0.6 is 34.9 Å². The number of rotatable bonds is 8. The number of thiophene rings is 1. The lowest BCUT2D eigenvalue weighted by atomic mass is 10.1. The van der Waals surface area contributed by atoms with Crippen molar-refractivity contribution >= 4 is 44.9 Å². The van der Waals surface area contributed by atoms with E-state index < -0.39 is 30.7 Å². The third kappa shape index (κ3) is 5.99. The first-order valence-corrected chi connectivity index (χ1v) is 12.7. The van der Waals surface area contributed by atoms with Crippen LogP contribution in [0.2, 0.25) is 0 Å². The smallest absolute Gasteiger partial charge is 0.400 e. The van der Waals surface area contributed by atoms with Gasteiger partial charge in [0, 0.05) is 35.9 Å². The molecule has 0 radical (unpaired) electrons. The monoisotopic (exact) mass is 567 g/mol. The molecule has 1 aliphatic rings. The van der Waals surface area contributed by atoms with Gasteiger partial charge in [0.1, 0.15) is 10.6 Å². The zero-order chi connectivity index (χ0) is 23.7. The van der Waals surface area contributed by atoms with E-state index in [1.54, 1.807) is 12.1 Å². The topological polar surface area (TPSA) is 79.2 Å². The van der Waals surface area contributed by atoms with Crippen molar-refractivity contribution in [3.63, 3.8) is 0 Å². The summed E-state index contributed by atoms with van der Waals surface area (Å²) in [5.74, 6) is 0.0893. The summed E-state index contributed by atoms with van der Waals surface area (Å²) in [6, 6.07) is 3.17. The number of hydrogen-bond acceptors (Lipinski definition) is 5. The molecule has 1 saturated heterocycles. The lowest BCUT2D eigenvalue weighted by Gasteiger charge is -2.26. The molecule has 0 atom stereocenters. The van der Waals surface area contributed by atoms with Crippen molar-refractivity contribution in [2.75, 3.05) is 32.9 Å². The molecule has 1 fully saturated rings. The van der Waals surface area contributed by atoms with Gasteiger partial charge in [0.15, 0.2) is 0 Å². The van der Waals surface area contributed by atoms with Gasteiger partial charge < -0.3 is 19.3 Å². The summed E-state index contributed by atoms with van der Waals surface area (Å²) < 4.78 is 88.3. The SMILES string of the molecule is O=P(O)(O)C(F)(F)c1sc2c(OCCCC(F)(F)F)cc(CN3CCOCC3)cc2c1Br. The Morgan fingerprint density at radius 1 is 1.19 bits per heavy atom. The quantitative estimate of drug-likeness (QED) is 0.251. The molecule has 6 nitrogen and oxygen atoms in total. The lowest BCUT2D eigenvalue weighted by molar-refractivity contribution is -0.136. The summed E-state index contributed by atoms with van der Waals surface area (Å²) in [5, 5.41) is 0.245. The van der Waals surface area contributed by atoms with Crippen LogP contribution in [0.3, 0.4) is 0 Å². The fourth-order valence-corrected chi connectivity index (χ4v) is 6.17. The Kier molecular flexibility index (Phi) is 7.91. The molecule has 1 aliphatic heterocycles. The first kappa shape index (κ1) is 25.8. The first-order chi connectivity index (χ1) is 14.8. The molecule has 2 heterocycles. The minimum absolute atomic E-state index is 0.0893. The summed E-state index contributed by atoms with van der Waals surface area (Å²) in [4.78, 5) is 19.4. The predicted octanol–water partition coefficient (Wildman–Crippen LogP) is 5.44. The zero-order valence-electron chi connectivity index (χ0n) is 16.5. The second-order valence-corrected chi connectivity index (χ2v) is 10.7. The molecule has 14 heteroatoms. The van der Waals surface area contributed by atoms with E-state index in [0.717, 1.165) is 0 Å². The zero-order valence-corrected chi connectivity index (χ0v) is 19.8. The molecule has 1 aromatic carbocycles. The molecule has 0 bridgehead atoms. The van der Waals surface area contributed by atoms with Gasteiger partial charge in [-0.15, -0.1) is 11.3 Å². The molecule has 0 aliphatic carbocycles. The van der Waals surface area contributed by atoms with E-state index in [0.29, 0.717) is 49.7 Å². The Hall–Kier alpha value is -0.820. The minimum atomic E-state index is -5.81. The summed E-state index contributed by atoms with van der Waals surface area (Å²) in [6.45, 7) is 2.48. The second-order valence-electron chi connectivity index (χ2n) is 7.26. The molecule has 0 amide bonds.